The minimum atomic E-state index is -0.647. The van der Waals surface area contributed by atoms with Crippen LogP contribution in [-0.4, -0.2) is 59.2 Å². The Labute approximate surface area is 204 Å². The number of nitrogens with one attached hydrogen (secondary N) is 1. The van der Waals surface area contributed by atoms with Crippen LogP contribution in [0.3, 0.4) is 0 Å². The van der Waals surface area contributed by atoms with Crippen molar-refractivity contribution in [2.75, 3.05) is 31.1 Å². The molecule has 0 spiro atoms. The predicted molar refractivity (Wildman–Crippen MR) is 132 cm³/mol. The number of aromatic nitrogens is 1. The fraction of sp³-hybridized carbons (Fsp3) is 0.370. The number of rotatable bonds is 5. The van der Waals surface area contributed by atoms with Gasteiger partial charge < -0.3 is 14.5 Å². The van der Waals surface area contributed by atoms with Crippen LogP contribution >= 0.6 is 0 Å². The number of piperazine rings is 1. The summed E-state index contributed by atoms with van der Waals surface area (Å²) in [5.74, 6) is -0.949. The maximum absolute atomic E-state index is 13.5. The van der Waals surface area contributed by atoms with Gasteiger partial charge in [-0.15, -0.1) is 0 Å². The van der Waals surface area contributed by atoms with E-state index in [2.05, 4.69) is 22.0 Å². The van der Waals surface area contributed by atoms with E-state index < -0.39 is 17.7 Å². The summed E-state index contributed by atoms with van der Waals surface area (Å²) in [6.45, 7) is 2.72. The topological polar surface area (TPSA) is 95.0 Å². The van der Waals surface area contributed by atoms with E-state index in [1.165, 1.54) is 0 Å². The van der Waals surface area contributed by atoms with E-state index in [0.717, 1.165) is 29.7 Å². The number of anilines is 1. The first-order valence-electron chi connectivity index (χ1n) is 12.2. The van der Waals surface area contributed by atoms with Crippen molar-refractivity contribution in [3.63, 3.8) is 0 Å². The first kappa shape index (κ1) is 23.1. The average molecular weight is 475 g/mol. The first-order valence-corrected chi connectivity index (χ1v) is 12.2. The third-order valence-corrected chi connectivity index (χ3v) is 7.18. The second kappa shape index (κ2) is 10.3. The Bertz CT molecular complexity index is 1170. The van der Waals surface area contributed by atoms with Crippen molar-refractivity contribution in [2.45, 2.75) is 25.4 Å². The van der Waals surface area contributed by atoms with Crippen LogP contribution in [0, 0.1) is 11.8 Å². The van der Waals surface area contributed by atoms with E-state index in [-0.39, 0.29) is 12.0 Å². The van der Waals surface area contributed by atoms with E-state index in [0.29, 0.717) is 38.1 Å². The molecule has 5 rings (SSSR count). The molecular formula is C27H30N4O4. The molecule has 0 radical (unpaired) electrons. The lowest BCUT2D eigenvalue weighted by atomic mass is 9.76. The zero-order valence-corrected chi connectivity index (χ0v) is 19.5. The third kappa shape index (κ3) is 4.93. The molecule has 1 saturated carbocycles. The van der Waals surface area contributed by atoms with Gasteiger partial charge in [-0.25, -0.2) is 5.48 Å². The second-order valence-corrected chi connectivity index (χ2v) is 9.22. The highest BCUT2D eigenvalue weighted by Crippen LogP contribution is 2.36. The summed E-state index contributed by atoms with van der Waals surface area (Å²) >= 11 is 0. The van der Waals surface area contributed by atoms with Gasteiger partial charge in [0.1, 0.15) is 5.75 Å². The van der Waals surface area contributed by atoms with Gasteiger partial charge in [-0.1, -0.05) is 24.3 Å². The van der Waals surface area contributed by atoms with Gasteiger partial charge in [0.2, 0.25) is 11.8 Å². The molecule has 1 aliphatic heterocycles. The highest BCUT2D eigenvalue weighted by atomic mass is 16.5. The summed E-state index contributed by atoms with van der Waals surface area (Å²) in [4.78, 5) is 34.6. The van der Waals surface area contributed by atoms with Gasteiger partial charge in [0.15, 0.2) is 0 Å². The number of pyridine rings is 1. The summed E-state index contributed by atoms with van der Waals surface area (Å²) in [6, 6.07) is 19.7. The average Bonchev–Trinajstić information content (AvgIpc) is 2.93. The molecule has 3 aromatic rings. The van der Waals surface area contributed by atoms with E-state index >= 15 is 0 Å². The molecule has 182 valence electrons. The Balaban J connectivity index is 1.25. The molecule has 2 heterocycles. The quantitative estimate of drug-likeness (QED) is 0.436. The normalized spacial score (nSPS) is 22.6. The zero-order valence-electron chi connectivity index (χ0n) is 19.5. The Morgan fingerprint density at radius 1 is 0.914 bits per heavy atom. The molecular weight excluding hydrogens is 444 g/mol. The fourth-order valence-electron chi connectivity index (χ4n) is 5.32. The van der Waals surface area contributed by atoms with Crippen molar-refractivity contribution in [3.8, 4) is 5.75 Å². The number of hydrogen-bond donors (Lipinski definition) is 2. The fourth-order valence-corrected chi connectivity index (χ4v) is 5.32. The Kier molecular flexibility index (Phi) is 6.81. The van der Waals surface area contributed by atoms with Crippen molar-refractivity contribution in [3.05, 3.63) is 66.9 Å². The van der Waals surface area contributed by atoms with Crippen molar-refractivity contribution in [1.82, 2.24) is 15.4 Å². The van der Waals surface area contributed by atoms with Gasteiger partial charge in [0.05, 0.1) is 23.5 Å². The molecule has 1 aromatic heterocycles. The van der Waals surface area contributed by atoms with Crippen LogP contribution in [0.15, 0.2) is 66.9 Å². The molecule has 35 heavy (non-hydrogen) atoms. The standard InChI is InChI=1S/C27H30N4O4/c32-26(29-34)23-18-20(35-25-10-4-9-24-22(25)8-5-13-28-24)11-12-21(23)27(33)31-16-14-30(15-17-31)19-6-2-1-3-7-19/h1-10,13,20-21,23,34H,11-12,14-18H2,(H,29,32)/t20-,21?,23?/m1/s1. The van der Waals surface area contributed by atoms with Gasteiger partial charge >= 0.3 is 0 Å². The third-order valence-electron chi connectivity index (χ3n) is 7.18. The van der Waals surface area contributed by atoms with E-state index in [1.54, 1.807) is 11.7 Å². The van der Waals surface area contributed by atoms with Gasteiger partial charge in [0.25, 0.3) is 0 Å². The smallest absolute Gasteiger partial charge is 0.247 e. The first-order chi connectivity index (χ1) is 17.1. The highest BCUT2D eigenvalue weighted by Gasteiger charge is 2.42. The zero-order chi connectivity index (χ0) is 24.2. The lowest BCUT2D eigenvalue weighted by Gasteiger charge is -2.40. The number of para-hydroxylation sites is 1. The molecule has 0 bridgehead atoms. The SMILES string of the molecule is O=C(NO)C1C[C@H](Oc2cccc3ncccc23)CCC1C(=O)N1CCN(c2ccccc2)CC1. The highest BCUT2D eigenvalue weighted by molar-refractivity contribution is 5.88. The number of hydrogen-bond acceptors (Lipinski definition) is 6. The maximum atomic E-state index is 13.5. The molecule has 2 fully saturated rings. The molecule has 1 aliphatic carbocycles. The van der Waals surface area contributed by atoms with Crippen LogP contribution in [0.5, 0.6) is 5.75 Å². The molecule has 2 unspecified atom stereocenters. The molecule has 2 N–H and O–H groups in total. The van der Waals surface area contributed by atoms with Crippen molar-refractivity contribution >= 4 is 28.4 Å². The van der Waals surface area contributed by atoms with Crippen LogP contribution in [-0.2, 0) is 9.59 Å². The number of carbonyl (C=O) groups excluding carboxylic acids is 2. The molecule has 1 saturated heterocycles. The molecule has 8 heteroatoms. The van der Waals surface area contributed by atoms with E-state index in [4.69, 9.17) is 4.74 Å². The van der Waals surface area contributed by atoms with Crippen molar-refractivity contribution in [1.29, 1.82) is 0 Å². The summed E-state index contributed by atoms with van der Waals surface area (Å²) in [6.07, 6.45) is 3.06. The number of carbonyl (C=O) groups is 2. The van der Waals surface area contributed by atoms with E-state index in [9.17, 15) is 14.8 Å². The van der Waals surface area contributed by atoms with Crippen LogP contribution < -0.4 is 15.1 Å². The molecule has 2 amide bonds. The van der Waals surface area contributed by atoms with Gasteiger partial charge in [-0.05, 0) is 55.7 Å². The number of amides is 2. The number of fused-ring (bicyclic) bond motifs is 1. The lowest BCUT2D eigenvalue weighted by molar-refractivity contribution is -0.148. The minimum Gasteiger partial charge on any atom is -0.490 e. The van der Waals surface area contributed by atoms with Crippen molar-refractivity contribution < 1.29 is 19.5 Å². The van der Waals surface area contributed by atoms with Gasteiger partial charge in [-0.3, -0.25) is 19.8 Å². The largest absolute Gasteiger partial charge is 0.490 e. The van der Waals surface area contributed by atoms with Crippen LogP contribution in [0.1, 0.15) is 19.3 Å². The summed E-state index contributed by atoms with van der Waals surface area (Å²) < 4.78 is 6.30. The number of nitrogens with zero attached hydrogens (tertiary/aromatic N) is 3. The van der Waals surface area contributed by atoms with Crippen LogP contribution in [0.25, 0.3) is 10.9 Å². The number of hydroxylamine groups is 1. The molecule has 2 aliphatic rings. The number of benzene rings is 2. The molecule has 2 aromatic carbocycles. The van der Waals surface area contributed by atoms with Gasteiger partial charge in [-0.2, -0.15) is 0 Å². The predicted octanol–water partition coefficient (Wildman–Crippen LogP) is 3.25. The van der Waals surface area contributed by atoms with Crippen LogP contribution in [0.4, 0.5) is 5.69 Å². The summed E-state index contributed by atoms with van der Waals surface area (Å²) in [5.41, 5.74) is 3.77. The van der Waals surface area contributed by atoms with Gasteiger partial charge in [0, 0.05) is 43.4 Å². The van der Waals surface area contributed by atoms with Crippen LogP contribution in [0.2, 0.25) is 0 Å². The summed E-state index contributed by atoms with van der Waals surface area (Å²) in [5, 5.41) is 10.3. The summed E-state index contributed by atoms with van der Waals surface area (Å²) in [7, 11) is 0. The molecule has 3 atom stereocenters. The second-order valence-electron chi connectivity index (χ2n) is 9.22. The molecule has 8 nitrogen and oxygen atoms in total. The van der Waals surface area contributed by atoms with Crippen molar-refractivity contribution in [2.24, 2.45) is 11.8 Å². The lowest BCUT2D eigenvalue weighted by Crippen LogP contribution is -2.53. The minimum absolute atomic E-state index is 0.0147. The Hall–Kier alpha value is -3.65. The monoisotopic (exact) mass is 474 g/mol. The van der Waals surface area contributed by atoms with E-state index in [1.807, 2.05) is 53.4 Å². The maximum Gasteiger partial charge on any atom is 0.247 e. The number of ether oxygens (including phenoxy) is 1. The Morgan fingerprint density at radius 2 is 1.71 bits per heavy atom. The Morgan fingerprint density at radius 3 is 2.49 bits per heavy atom.